The van der Waals surface area contributed by atoms with Gasteiger partial charge in [0.2, 0.25) is 5.88 Å². The van der Waals surface area contributed by atoms with E-state index in [0.29, 0.717) is 5.56 Å². The number of halogens is 2. The fourth-order valence-corrected chi connectivity index (χ4v) is 2.75. The third-order valence-corrected chi connectivity index (χ3v) is 4.16. The highest BCUT2D eigenvalue weighted by Crippen LogP contribution is 2.36. The van der Waals surface area contributed by atoms with Gasteiger partial charge in [0.05, 0.1) is 28.9 Å². The fraction of sp³-hybridized carbons (Fsp3) is 0.333. The first-order valence-electron chi connectivity index (χ1n) is 8.46. The number of benzene rings is 1. The lowest BCUT2D eigenvalue weighted by Crippen LogP contribution is -2.21. The Hall–Kier alpha value is -3.48. The topological polar surface area (TPSA) is 123 Å². The molecule has 1 heterocycles. The molecule has 0 aliphatic heterocycles. The molecule has 1 aliphatic rings. The fourth-order valence-electron chi connectivity index (χ4n) is 2.75. The molecular weight excluding hydrogens is 372 g/mol. The number of nitrogens with two attached hydrogens (primary N) is 1. The molecule has 8 nitrogen and oxygen atoms in total. The maximum absolute atomic E-state index is 12.8. The van der Waals surface area contributed by atoms with Crippen LogP contribution in [0.15, 0.2) is 18.2 Å². The number of anilines is 1. The molecule has 1 aliphatic carbocycles. The minimum absolute atomic E-state index is 0.00318. The third-order valence-electron chi connectivity index (χ3n) is 4.16. The van der Waals surface area contributed by atoms with E-state index >= 15 is 0 Å². The summed E-state index contributed by atoms with van der Waals surface area (Å²) in [5.74, 6) is -1.47. The van der Waals surface area contributed by atoms with Crippen LogP contribution in [0, 0.1) is 18.3 Å². The molecule has 146 valence electrons. The average molecular weight is 389 g/mol. The summed E-state index contributed by atoms with van der Waals surface area (Å²) in [4.78, 5) is 24.6. The summed E-state index contributed by atoms with van der Waals surface area (Å²) in [6.45, 7) is 0.793. The molecule has 2 aromatic rings. The molecule has 3 N–H and O–H groups in total. The summed E-state index contributed by atoms with van der Waals surface area (Å²) in [6.07, 6.45) is -1.06. The van der Waals surface area contributed by atoms with Crippen molar-refractivity contribution in [3.8, 4) is 11.9 Å². The van der Waals surface area contributed by atoms with Crippen molar-refractivity contribution in [2.45, 2.75) is 32.2 Å². The van der Waals surface area contributed by atoms with Gasteiger partial charge >= 0.3 is 0 Å². The van der Waals surface area contributed by atoms with Crippen LogP contribution in [0.25, 0.3) is 0 Å². The highest BCUT2D eigenvalue weighted by molar-refractivity contribution is 6.09. The molecule has 0 bridgehead atoms. The number of nitrogens with zero attached hydrogens (tertiary/aromatic N) is 3. The van der Waals surface area contributed by atoms with E-state index in [0.717, 1.165) is 12.8 Å². The third kappa shape index (κ3) is 4.09. The molecule has 1 aromatic carbocycles. The number of amides is 2. The largest absolute Gasteiger partial charge is 0.471 e. The summed E-state index contributed by atoms with van der Waals surface area (Å²) < 4.78 is 31.1. The van der Waals surface area contributed by atoms with Gasteiger partial charge in [-0.2, -0.15) is 5.26 Å². The van der Waals surface area contributed by atoms with Gasteiger partial charge in [0.25, 0.3) is 18.2 Å². The number of ether oxygens (including phenoxy) is 1. The first-order valence-corrected chi connectivity index (χ1v) is 8.46. The van der Waals surface area contributed by atoms with Crippen molar-refractivity contribution in [2.24, 2.45) is 5.73 Å². The standard InChI is InChI=1S/C18H17F2N5O3/c1-9-4-10(7-21)5-12(17(22)26)16(9)23-18(27)13-6-15(28-8-14(19)20)24-25(13)11-2-3-11/h4-6,11,14H,2-3,8H2,1H3,(H2,22,26)(H,23,27). The predicted octanol–water partition coefficient (Wildman–Crippen LogP) is 2.39. The van der Waals surface area contributed by atoms with E-state index in [1.807, 2.05) is 6.07 Å². The summed E-state index contributed by atoms with van der Waals surface area (Å²) in [6, 6.07) is 5.99. The van der Waals surface area contributed by atoms with Crippen LogP contribution in [-0.4, -0.2) is 34.6 Å². The minimum Gasteiger partial charge on any atom is -0.471 e. The Labute approximate surface area is 158 Å². The molecule has 0 atom stereocenters. The van der Waals surface area contributed by atoms with Gasteiger partial charge in [0.15, 0.2) is 6.61 Å². The van der Waals surface area contributed by atoms with E-state index in [1.165, 1.54) is 22.9 Å². The first kappa shape index (κ1) is 19.3. The van der Waals surface area contributed by atoms with Crippen LogP contribution in [0.3, 0.4) is 0 Å². The molecule has 0 spiro atoms. The molecule has 1 fully saturated rings. The van der Waals surface area contributed by atoms with E-state index in [2.05, 4.69) is 10.4 Å². The smallest absolute Gasteiger partial charge is 0.274 e. The lowest BCUT2D eigenvalue weighted by atomic mass is 10.0. The summed E-state index contributed by atoms with van der Waals surface area (Å²) in [5, 5.41) is 15.7. The monoisotopic (exact) mass is 389 g/mol. The highest BCUT2D eigenvalue weighted by Gasteiger charge is 2.30. The van der Waals surface area contributed by atoms with E-state index in [-0.39, 0.29) is 34.4 Å². The number of hydrogen-bond donors (Lipinski definition) is 2. The van der Waals surface area contributed by atoms with E-state index < -0.39 is 24.8 Å². The summed E-state index contributed by atoms with van der Waals surface area (Å²) in [5.41, 5.74) is 6.37. The van der Waals surface area contributed by atoms with Crippen molar-refractivity contribution < 1.29 is 23.1 Å². The zero-order valence-electron chi connectivity index (χ0n) is 14.9. The lowest BCUT2D eigenvalue weighted by molar-refractivity contribution is 0.0792. The Kier molecular flexibility index (Phi) is 5.26. The van der Waals surface area contributed by atoms with Gasteiger partial charge in [-0.25, -0.2) is 8.78 Å². The van der Waals surface area contributed by atoms with Crippen LogP contribution in [0.4, 0.5) is 14.5 Å². The van der Waals surface area contributed by atoms with Gasteiger partial charge < -0.3 is 15.8 Å². The van der Waals surface area contributed by atoms with Crippen LogP contribution in [0.1, 0.15) is 50.9 Å². The molecule has 0 unspecified atom stereocenters. The zero-order valence-corrected chi connectivity index (χ0v) is 14.9. The molecule has 0 radical (unpaired) electrons. The van der Waals surface area contributed by atoms with Crippen molar-refractivity contribution in [1.82, 2.24) is 9.78 Å². The number of carbonyl (C=O) groups excluding carboxylic acids is 2. The first-order chi connectivity index (χ1) is 13.3. The van der Waals surface area contributed by atoms with E-state index in [1.54, 1.807) is 6.92 Å². The van der Waals surface area contributed by atoms with Crippen LogP contribution in [0.2, 0.25) is 0 Å². The lowest BCUT2D eigenvalue weighted by Gasteiger charge is -2.13. The number of aryl methyl sites for hydroxylation is 1. The van der Waals surface area contributed by atoms with Crippen LogP contribution >= 0.6 is 0 Å². The number of carbonyl (C=O) groups is 2. The number of aromatic nitrogens is 2. The Balaban J connectivity index is 1.91. The van der Waals surface area contributed by atoms with Crippen molar-refractivity contribution in [3.05, 3.63) is 40.6 Å². The van der Waals surface area contributed by atoms with Gasteiger partial charge in [0, 0.05) is 6.07 Å². The van der Waals surface area contributed by atoms with Gasteiger partial charge in [0.1, 0.15) is 5.69 Å². The molecule has 1 saturated carbocycles. The van der Waals surface area contributed by atoms with Crippen LogP contribution in [-0.2, 0) is 0 Å². The second-order valence-corrected chi connectivity index (χ2v) is 6.39. The van der Waals surface area contributed by atoms with Crippen LogP contribution < -0.4 is 15.8 Å². The SMILES string of the molecule is Cc1cc(C#N)cc(C(N)=O)c1NC(=O)c1cc(OCC(F)F)nn1C1CC1. The van der Waals surface area contributed by atoms with Gasteiger partial charge in [-0.1, -0.05) is 0 Å². The minimum atomic E-state index is -2.66. The molecule has 0 saturated heterocycles. The molecule has 10 heteroatoms. The van der Waals surface area contributed by atoms with E-state index in [4.69, 9.17) is 15.7 Å². The molecule has 3 rings (SSSR count). The Bertz CT molecular complexity index is 976. The Morgan fingerprint density at radius 2 is 2.14 bits per heavy atom. The Morgan fingerprint density at radius 3 is 2.71 bits per heavy atom. The average Bonchev–Trinajstić information content (AvgIpc) is 3.40. The quantitative estimate of drug-likeness (QED) is 0.753. The molecule has 28 heavy (non-hydrogen) atoms. The Morgan fingerprint density at radius 1 is 1.43 bits per heavy atom. The number of nitrogens with one attached hydrogen (secondary N) is 1. The second-order valence-electron chi connectivity index (χ2n) is 6.39. The van der Waals surface area contributed by atoms with Crippen molar-refractivity contribution in [1.29, 1.82) is 5.26 Å². The van der Waals surface area contributed by atoms with Crippen molar-refractivity contribution >= 4 is 17.5 Å². The van der Waals surface area contributed by atoms with E-state index in [9.17, 15) is 18.4 Å². The predicted molar refractivity (Wildman–Crippen MR) is 94.4 cm³/mol. The molecule has 2 amide bonds. The number of alkyl halides is 2. The van der Waals surface area contributed by atoms with Gasteiger partial charge in [-0.3, -0.25) is 14.3 Å². The number of primary amides is 1. The number of nitriles is 1. The molecule has 1 aromatic heterocycles. The zero-order chi connectivity index (χ0) is 20.4. The summed E-state index contributed by atoms with van der Waals surface area (Å²) in [7, 11) is 0. The molecular formula is C18H17F2N5O3. The maximum atomic E-state index is 12.8. The van der Waals surface area contributed by atoms with Gasteiger partial charge in [-0.05, 0) is 37.5 Å². The normalized spacial score (nSPS) is 13.2. The number of hydrogen-bond acceptors (Lipinski definition) is 5. The van der Waals surface area contributed by atoms with Crippen molar-refractivity contribution in [2.75, 3.05) is 11.9 Å². The summed E-state index contributed by atoms with van der Waals surface area (Å²) >= 11 is 0. The van der Waals surface area contributed by atoms with Gasteiger partial charge in [-0.15, -0.1) is 5.10 Å². The highest BCUT2D eigenvalue weighted by atomic mass is 19.3. The van der Waals surface area contributed by atoms with Crippen molar-refractivity contribution in [3.63, 3.8) is 0 Å². The van der Waals surface area contributed by atoms with Crippen LogP contribution in [0.5, 0.6) is 5.88 Å². The maximum Gasteiger partial charge on any atom is 0.274 e. The number of rotatable bonds is 7. The second kappa shape index (κ2) is 7.64.